The van der Waals surface area contributed by atoms with Crippen LogP contribution < -0.4 is 15.4 Å². The number of benzene rings is 3. The first-order valence-corrected chi connectivity index (χ1v) is 16.8. The number of carbonyl (C=O) groups excluding carboxylic acids is 2. The largest absolute Gasteiger partial charge is 0.457 e. The van der Waals surface area contributed by atoms with Gasteiger partial charge in [0.2, 0.25) is 17.8 Å². The van der Waals surface area contributed by atoms with E-state index in [1.807, 2.05) is 84.9 Å². The Morgan fingerprint density at radius 2 is 1.23 bits per heavy atom. The first-order valence-electron chi connectivity index (χ1n) is 16.0. The topological polar surface area (TPSA) is 189 Å². The average molecular weight is 708 g/mol. The number of aromatic nitrogens is 9. The van der Waals surface area contributed by atoms with Crippen molar-refractivity contribution in [3.8, 4) is 34.5 Å². The van der Waals surface area contributed by atoms with Crippen molar-refractivity contribution in [1.29, 1.82) is 0 Å². The molecule has 0 fully saturated rings. The number of H-pyrrole nitrogens is 2. The summed E-state index contributed by atoms with van der Waals surface area (Å²) in [6.45, 7) is 0. The third-order valence-corrected chi connectivity index (χ3v) is 8.36. The number of amides is 2. The standard InChI is InChI=1S/C20H15N5O2.C17H14N6OS/c26-19(23-20-22-18(24-25-20)17-8-4-5-13-21-17)14-9-11-16(12-10-14)27-15-6-2-1-3-7-15;24-14(8-9-15-19-11-5-1-2-7-13(11)25-15)20-17-21-16(22-23-17)12-6-3-4-10-18-12/h1-13H,(H2,22,23,24,25,26);1-7,10H,8-9H2,(H2,20,21,22,23,24). The molecule has 0 unspecified atom stereocenters. The van der Waals surface area contributed by atoms with Gasteiger partial charge in [0.05, 0.1) is 15.2 Å². The lowest BCUT2D eigenvalue weighted by molar-refractivity contribution is -0.116. The summed E-state index contributed by atoms with van der Waals surface area (Å²) in [5.41, 5.74) is 2.76. The molecule has 0 aliphatic heterocycles. The molecule has 2 amide bonds. The maximum absolute atomic E-state index is 12.4. The molecule has 0 spiro atoms. The summed E-state index contributed by atoms with van der Waals surface area (Å²) in [5, 5.41) is 19.8. The molecule has 14 nitrogen and oxygen atoms in total. The van der Waals surface area contributed by atoms with Crippen molar-refractivity contribution < 1.29 is 14.3 Å². The second-order valence-corrected chi connectivity index (χ2v) is 12.1. The number of para-hydroxylation sites is 2. The number of thiazole rings is 1. The van der Waals surface area contributed by atoms with Gasteiger partial charge in [-0.1, -0.05) is 42.5 Å². The van der Waals surface area contributed by atoms with Crippen LogP contribution in [-0.2, 0) is 11.2 Å². The molecular weight excluding hydrogens is 679 g/mol. The van der Waals surface area contributed by atoms with Crippen molar-refractivity contribution in [1.82, 2.24) is 45.3 Å². The maximum Gasteiger partial charge on any atom is 0.258 e. The van der Waals surface area contributed by atoms with E-state index in [2.05, 4.69) is 55.9 Å². The Hall–Kier alpha value is -7.13. The van der Waals surface area contributed by atoms with Gasteiger partial charge in [-0.3, -0.25) is 40.4 Å². The van der Waals surface area contributed by atoms with Crippen LogP contribution in [-0.4, -0.2) is 57.1 Å². The fourth-order valence-corrected chi connectivity index (χ4v) is 5.74. The predicted octanol–water partition coefficient (Wildman–Crippen LogP) is 6.96. The van der Waals surface area contributed by atoms with Crippen molar-refractivity contribution in [3.05, 3.63) is 138 Å². The Morgan fingerprint density at radius 1 is 0.635 bits per heavy atom. The minimum Gasteiger partial charge on any atom is -0.457 e. The number of nitrogens with one attached hydrogen (secondary N) is 4. The molecule has 15 heteroatoms. The fourth-order valence-electron chi connectivity index (χ4n) is 4.78. The van der Waals surface area contributed by atoms with Gasteiger partial charge >= 0.3 is 0 Å². The van der Waals surface area contributed by atoms with Gasteiger partial charge in [0.15, 0.2) is 11.6 Å². The summed E-state index contributed by atoms with van der Waals surface area (Å²) >= 11 is 1.61. The van der Waals surface area contributed by atoms with E-state index in [-0.39, 0.29) is 23.7 Å². The van der Waals surface area contributed by atoms with E-state index >= 15 is 0 Å². The van der Waals surface area contributed by atoms with E-state index in [1.54, 1.807) is 54.1 Å². The van der Waals surface area contributed by atoms with Gasteiger partial charge in [-0.2, -0.15) is 9.97 Å². The van der Waals surface area contributed by atoms with Crippen molar-refractivity contribution in [3.63, 3.8) is 0 Å². The lowest BCUT2D eigenvalue weighted by Crippen LogP contribution is -2.13. The number of nitrogens with zero attached hydrogens (tertiary/aromatic N) is 7. The van der Waals surface area contributed by atoms with Crippen molar-refractivity contribution in [2.45, 2.75) is 12.8 Å². The Morgan fingerprint density at radius 3 is 1.87 bits per heavy atom. The number of carbonyl (C=O) groups is 2. The molecule has 5 aromatic heterocycles. The zero-order chi connectivity index (χ0) is 35.5. The van der Waals surface area contributed by atoms with E-state index in [0.717, 1.165) is 21.0 Å². The number of pyridine rings is 2. The molecule has 8 rings (SSSR count). The van der Waals surface area contributed by atoms with Gasteiger partial charge in [-0.15, -0.1) is 21.5 Å². The highest BCUT2D eigenvalue weighted by atomic mass is 32.1. The maximum atomic E-state index is 12.4. The Balaban J connectivity index is 0.000000162. The van der Waals surface area contributed by atoms with E-state index < -0.39 is 0 Å². The highest BCUT2D eigenvalue weighted by molar-refractivity contribution is 7.18. The number of anilines is 2. The van der Waals surface area contributed by atoms with Crippen LogP contribution in [0.5, 0.6) is 11.5 Å². The van der Waals surface area contributed by atoms with Gasteiger partial charge in [0.1, 0.15) is 22.9 Å². The zero-order valence-electron chi connectivity index (χ0n) is 27.3. The van der Waals surface area contributed by atoms with Crippen LogP contribution in [0, 0.1) is 0 Å². The Bertz CT molecular complexity index is 2350. The molecule has 0 aliphatic rings. The highest BCUT2D eigenvalue weighted by Crippen LogP contribution is 2.23. The van der Waals surface area contributed by atoms with E-state index in [4.69, 9.17) is 4.74 Å². The third-order valence-electron chi connectivity index (χ3n) is 7.26. The minimum atomic E-state index is -0.312. The summed E-state index contributed by atoms with van der Waals surface area (Å²) in [6.07, 6.45) is 4.25. The fraction of sp³-hybridized carbons (Fsp3) is 0.0541. The Kier molecular flexibility index (Phi) is 10.3. The van der Waals surface area contributed by atoms with Crippen molar-refractivity contribution in [2.75, 3.05) is 10.6 Å². The average Bonchev–Trinajstić information content (AvgIpc) is 3.96. The van der Waals surface area contributed by atoms with E-state index in [1.165, 1.54) is 0 Å². The SMILES string of the molecule is O=C(CCc1nc2ccccc2s1)Nc1n[nH]c(-c2ccccn2)n1.O=C(Nc1n[nH]c(-c2ccccn2)n1)c1ccc(Oc2ccccc2)cc1. The van der Waals surface area contributed by atoms with Crippen LogP contribution in [0.2, 0.25) is 0 Å². The quantitative estimate of drug-likeness (QED) is 0.116. The molecule has 8 aromatic rings. The zero-order valence-corrected chi connectivity index (χ0v) is 28.1. The van der Waals surface area contributed by atoms with Crippen LogP contribution in [0.25, 0.3) is 33.3 Å². The first-order chi connectivity index (χ1) is 25.6. The monoisotopic (exact) mass is 707 g/mol. The number of hydrogen-bond donors (Lipinski definition) is 4. The van der Waals surface area contributed by atoms with Crippen LogP contribution in [0.4, 0.5) is 11.9 Å². The number of aryl methyl sites for hydroxylation is 1. The smallest absolute Gasteiger partial charge is 0.258 e. The molecule has 52 heavy (non-hydrogen) atoms. The molecular formula is C37H29N11O3S. The Labute approximate surface area is 300 Å². The molecule has 3 aromatic carbocycles. The summed E-state index contributed by atoms with van der Waals surface area (Å²) in [5.74, 6) is 2.35. The molecule has 0 radical (unpaired) electrons. The van der Waals surface area contributed by atoms with Crippen LogP contribution in [0.1, 0.15) is 21.8 Å². The third kappa shape index (κ3) is 8.71. The summed E-state index contributed by atoms with van der Waals surface area (Å²) in [7, 11) is 0. The highest BCUT2D eigenvalue weighted by Gasteiger charge is 2.13. The molecule has 0 saturated carbocycles. The normalized spacial score (nSPS) is 10.6. The van der Waals surface area contributed by atoms with Gasteiger partial charge < -0.3 is 4.74 Å². The molecule has 0 bridgehead atoms. The molecule has 0 saturated heterocycles. The van der Waals surface area contributed by atoms with Gasteiger partial charge in [-0.25, -0.2) is 4.98 Å². The van der Waals surface area contributed by atoms with Crippen LogP contribution in [0.15, 0.2) is 128 Å². The molecule has 4 N–H and O–H groups in total. The van der Waals surface area contributed by atoms with Crippen molar-refractivity contribution >= 4 is 45.3 Å². The lowest BCUT2D eigenvalue weighted by Gasteiger charge is -2.06. The summed E-state index contributed by atoms with van der Waals surface area (Å²) < 4.78 is 6.85. The molecule has 256 valence electrons. The predicted molar refractivity (Wildman–Crippen MR) is 197 cm³/mol. The van der Waals surface area contributed by atoms with Gasteiger partial charge in [0, 0.05) is 30.8 Å². The van der Waals surface area contributed by atoms with Crippen LogP contribution >= 0.6 is 11.3 Å². The number of ether oxygens (including phenoxy) is 1. The number of aromatic amines is 2. The van der Waals surface area contributed by atoms with E-state index in [0.29, 0.717) is 47.2 Å². The molecule has 0 aliphatic carbocycles. The second-order valence-electron chi connectivity index (χ2n) is 11.0. The first kappa shape index (κ1) is 33.4. The van der Waals surface area contributed by atoms with Crippen LogP contribution in [0.3, 0.4) is 0 Å². The van der Waals surface area contributed by atoms with E-state index in [9.17, 15) is 9.59 Å². The summed E-state index contributed by atoms with van der Waals surface area (Å²) in [6, 6.07) is 35.2. The van der Waals surface area contributed by atoms with Gasteiger partial charge in [-0.05, 0) is 72.8 Å². The number of rotatable bonds is 10. The number of hydrogen-bond acceptors (Lipinski definition) is 11. The minimum absolute atomic E-state index is 0.147. The van der Waals surface area contributed by atoms with Gasteiger partial charge in [0.25, 0.3) is 5.91 Å². The molecule has 0 atom stereocenters. The molecule has 5 heterocycles. The lowest BCUT2D eigenvalue weighted by atomic mass is 10.2. The number of fused-ring (bicyclic) bond motifs is 1. The summed E-state index contributed by atoms with van der Waals surface area (Å²) in [4.78, 5) is 45.8. The van der Waals surface area contributed by atoms with Crippen molar-refractivity contribution in [2.24, 2.45) is 0 Å². The second kappa shape index (κ2) is 16.1.